The minimum absolute atomic E-state index is 0.0160. The normalized spacial score (nSPS) is 13.9. The van der Waals surface area contributed by atoms with E-state index in [0.29, 0.717) is 0 Å². The molecule has 2 nitrogen and oxygen atoms in total. The highest BCUT2D eigenvalue weighted by molar-refractivity contribution is 5.70. The van der Waals surface area contributed by atoms with Crippen LogP contribution in [0.1, 0.15) is 66.2 Å². The molecule has 0 aromatic rings. The smallest absolute Gasteiger partial charge is 0.306 e. The van der Waals surface area contributed by atoms with Crippen LogP contribution >= 0.6 is 0 Å². The monoisotopic (exact) mass is 214 g/mol. The molecule has 1 atom stereocenters. The van der Waals surface area contributed by atoms with Gasteiger partial charge < -0.3 is 5.11 Å². The van der Waals surface area contributed by atoms with Crippen molar-refractivity contribution in [1.82, 2.24) is 0 Å². The maximum Gasteiger partial charge on any atom is 0.306 e. The molecule has 0 aliphatic carbocycles. The summed E-state index contributed by atoms with van der Waals surface area (Å²) in [4.78, 5) is 11.1. The van der Waals surface area contributed by atoms with E-state index in [4.69, 9.17) is 5.11 Å². The molecule has 0 rings (SSSR count). The zero-order chi connectivity index (χ0) is 11.9. The van der Waals surface area contributed by atoms with Gasteiger partial charge in [-0.3, -0.25) is 4.79 Å². The molecule has 0 saturated carbocycles. The topological polar surface area (TPSA) is 37.3 Å². The second kappa shape index (κ2) is 6.86. The van der Waals surface area contributed by atoms with Crippen LogP contribution in [0.4, 0.5) is 0 Å². The third-order valence-electron chi connectivity index (χ3n) is 3.62. The van der Waals surface area contributed by atoms with Crippen molar-refractivity contribution in [2.75, 3.05) is 0 Å². The number of unbranched alkanes of at least 4 members (excludes halogenated alkanes) is 2. The molecule has 0 aliphatic heterocycles. The Kier molecular flexibility index (Phi) is 6.62. The first kappa shape index (κ1) is 14.5. The van der Waals surface area contributed by atoms with Crippen LogP contribution in [-0.2, 0) is 4.79 Å². The lowest BCUT2D eigenvalue weighted by atomic mass is 9.71. The largest absolute Gasteiger partial charge is 0.481 e. The van der Waals surface area contributed by atoms with Gasteiger partial charge in [0, 0.05) is 0 Å². The second-order valence-corrected chi connectivity index (χ2v) is 4.92. The van der Waals surface area contributed by atoms with E-state index in [1.165, 1.54) is 0 Å². The molecule has 1 N–H and O–H groups in total. The van der Waals surface area contributed by atoms with Gasteiger partial charge in [-0.25, -0.2) is 0 Å². The molecule has 0 bridgehead atoms. The maximum absolute atomic E-state index is 11.1. The molecule has 0 aromatic heterocycles. The predicted octanol–water partition coefficient (Wildman–Crippen LogP) is 4.09. The minimum atomic E-state index is -0.648. The van der Waals surface area contributed by atoms with Gasteiger partial charge in [-0.1, -0.05) is 53.4 Å². The van der Waals surface area contributed by atoms with Crippen molar-refractivity contribution in [1.29, 1.82) is 0 Å². The van der Waals surface area contributed by atoms with Gasteiger partial charge in [0.05, 0.1) is 5.92 Å². The fourth-order valence-electron chi connectivity index (χ4n) is 2.02. The van der Waals surface area contributed by atoms with Crippen molar-refractivity contribution in [2.45, 2.75) is 66.2 Å². The Morgan fingerprint density at radius 2 is 1.60 bits per heavy atom. The second-order valence-electron chi connectivity index (χ2n) is 4.92. The van der Waals surface area contributed by atoms with Crippen molar-refractivity contribution in [3.63, 3.8) is 0 Å². The number of carboxylic acid groups (broad SMARTS) is 1. The number of hydrogen-bond donors (Lipinski definition) is 1. The Labute approximate surface area is 94.1 Å². The molecule has 0 fully saturated rings. The molecular formula is C13H26O2. The molecule has 0 saturated heterocycles. The Morgan fingerprint density at radius 3 is 1.87 bits per heavy atom. The lowest BCUT2D eigenvalue weighted by molar-refractivity contribution is -0.146. The molecule has 0 aromatic carbocycles. The Hall–Kier alpha value is -0.530. The Morgan fingerprint density at radius 1 is 1.20 bits per heavy atom. The van der Waals surface area contributed by atoms with Gasteiger partial charge in [0.1, 0.15) is 0 Å². The number of hydrogen-bond acceptors (Lipinski definition) is 1. The molecule has 0 heterocycles. The number of rotatable bonds is 8. The molecule has 0 amide bonds. The first-order chi connectivity index (χ1) is 6.98. The zero-order valence-electron chi connectivity index (χ0n) is 10.7. The van der Waals surface area contributed by atoms with Gasteiger partial charge in [0.2, 0.25) is 0 Å². The van der Waals surface area contributed by atoms with E-state index in [2.05, 4.69) is 20.8 Å². The third kappa shape index (κ3) is 4.67. The molecule has 0 spiro atoms. The van der Waals surface area contributed by atoms with Gasteiger partial charge in [-0.2, -0.15) is 0 Å². The van der Waals surface area contributed by atoms with Gasteiger partial charge in [-0.15, -0.1) is 0 Å². The Balaban J connectivity index is 4.44. The summed E-state index contributed by atoms with van der Waals surface area (Å²) in [6.45, 7) is 8.31. The number of carboxylic acids is 1. The summed E-state index contributed by atoms with van der Waals surface area (Å²) in [5, 5.41) is 9.12. The molecule has 90 valence electrons. The molecule has 2 heteroatoms. The predicted molar refractivity (Wildman–Crippen MR) is 64.0 cm³/mol. The lowest BCUT2D eigenvalue weighted by Crippen LogP contribution is -2.31. The van der Waals surface area contributed by atoms with E-state index in [0.717, 1.165) is 38.5 Å². The summed E-state index contributed by atoms with van der Waals surface area (Å²) in [7, 11) is 0. The zero-order valence-corrected chi connectivity index (χ0v) is 10.7. The molecular weight excluding hydrogens is 188 g/mol. The van der Waals surface area contributed by atoms with Gasteiger partial charge in [-0.05, 0) is 18.3 Å². The van der Waals surface area contributed by atoms with E-state index >= 15 is 0 Å². The highest BCUT2D eigenvalue weighted by atomic mass is 16.4. The summed E-state index contributed by atoms with van der Waals surface area (Å²) in [5.74, 6) is -0.875. The Bertz CT molecular complexity index is 179. The number of carbonyl (C=O) groups is 1. The van der Waals surface area contributed by atoms with Crippen LogP contribution in [-0.4, -0.2) is 11.1 Å². The summed E-state index contributed by atoms with van der Waals surface area (Å²) in [6.07, 6.45) is 6.64. The van der Waals surface area contributed by atoms with Crippen LogP contribution in [0.3, 0.4) is 0 Å². The van der Waals surface area contributed by atoms with Crippen molar-refractivity contribution in [3.8, 4) is 0 Å². The summed E-state index contributed by atoms with van der Waals surface area (Å²) in [6, 6.07) is 0. The van der Waals surface area contributed by atoms with E-state index in [9.17, 15) is 4.79 Å². The number of aliphatic carboxylic acids is 1. The quantitative estimate of drug-likeness (QED) is 0.660. The maximum atomic E-state index is 11.1. The fraction of sp³-hybridized carbons (Fsp3) is 0.923. The highest BCUT2D eigenvalue weighted by Gasteiger charge is 2.34. The summed E-state index contributed by atoms with van der Waals surface area (Å²) >= 11 is 0. The third-order valence-corrected chi connectivity index (χ3v) is 3.62. The van der Waals surface area contributed by atoms with Crippen molar-refractivity contribution < 1.29 is 9.90 Å². The van der Waals surface area contributed by atoms with Gasteiger partial charge in [0.15, 0.2) is 0 Å². The van der Waals surface area contributed by atoms with Gasteiger partial charge >= 0.3 is 5.97 Å². The van der Waals surface area contributed by atoms with E-state index in [1.807, 2.05) is 6.92 Å². The molecule has 0 aliphatic rings. The average molecular weight is 214 g/mol. The van der Waals surface area contributed by atoms with Crippen molar-refractivity contribution in [2.24, 2.45) is 11.3 Å². The van der Waals surface area contributed by atoms with Crippen LogP contribution in [0.5, 0.6) is 0 Å². The van der Waals surface area contributed by atoms with E-state index < -0.39 is 5.97 Å². The van der Waals surface area contributed by atoms with Crippen LogP contribution in [0, 0.1) is 11.3 Å². The van der Waals surface area contributed by atoms with Crippen LogP contribution < -0.4 is 0 Å². The summed E-state index contributed by atoms with van der Waals surface area (Å²) in [5.41, 5.74) is -0.0160. The lowest BCUT2D eigenvalue weighted by Gasteiger charge is -2.33. The van der Waals surface area contributed by atoms with E-state index in [-0.39, 0.29) is 11.3 Å². The minimum Gasteiger partial charge on any atom is -0.481 e. The van der Waals surface area contributed by atoms with Crippen LogP contribution in [0.2, 0.25) is 0 Å². The first-order valence-corrected chi connectivity index (χ1v) is 6.20. The van der Waals surface area contributed by atoms with Gasteiger partial charge in [0.25, 0.3) is 0 Å². The van der Waals surface area contributed by atoms with Crippen molar-refractivity contribution >= 4 is 5.97 Å². The standard InChI is InChI=1S/C13H26O2/c1-5-7-9-13(4,10-8-6-2)11(3)12(14)15/h11H,5-10H2,1-4H3,(H,14,15). The molecule has 15 heavy (non-hydrogen) atoms. The van der Waals surface area contributed by atoms with E-state index in [1.54, 1.807) is 0 Å². The molecule has 1 unspecified atom stereocenters. The SMILES string of the molecule is CCCCC(C)(CCCC)C(C)C(=O)O. The van der Waals surface area contributed by atoms with Crippen LogP contribution in [0.15, 0.2) is 0 Å². The first-order valence-electron chi connectivity index (χ1n) is 6.20. The van der Waals surface area contributed by atoms with Crippen molar-refractivity contribution in [3.05, 3.63) is 0 Å². The van der Waals surface area contributed by atoms with Crippen LogP contribution in [0.25, 0.3) is 0 Å². The highest BCUT2D eigenvalue weighted by Crippen LogP contribution is 2.38. The fourth-order valence-corrected chi connectivity index (χ4v) is 2.02. The molecule has 0 radical (unpaired) electrons. The average Bonchev–Trinajstić information content (AvgIpc) is 2.22. The summed E-state index contributed by atoms with van der Waals surface area (Å²) < 4.78 is 0.